The molecule has 0 aromatic rings. The lowest BCUT2D eigenvalue weighted by molar-refractivity contribution is 0.166. The molecule has 0 N–H and O–H groups in total. The number of ether oxygens (including phenoxy) is 1. The number of hydrogen-bond donors (Lipinski definition) is 1. The van der Waals surface area contributed by atoms with Gasteiger partial charge in [0.1, 0.15) is 0 Å². The predicted molar refractivity (Wildman–Crippen MR) is 29.0 cm³/mol. The molecule has 0 aromatic heterocycles. The minimum Gasteiger partial charge on any atom is -0.453 e. The summed E-state index contributed by atoms with van der Waals surface area (Å²) >= 11 is 3.41. The zero-order valence-electron chi connectivity index (χ0n) is 3.79. The van der Waals surface area contributed by atoms with Crippen LogP contribution in [0.25, 0.3) is 0 Å². The van der Waals surface area contributed by atoms with E-state index in [4.69, 9.17) is 7.98 Å². The van der Waals surface area contributed by atoms with E-state index >= 15 is 0 Å². The van der Waals surface area contributed by atoms with Crippen LogP contribution in [0.3, 0.4) is 0 Å². The summed E-state index contributed by atoms with van der Waals surface area (Å²) in [6, 6.07) is 0. The molecule has 0 aliphatic heterocycles. The molecule has 0 rings (SSSR count). The highest BCUT2D eigenvalue weighted by Crippen LogP contribution is 1.87. The summed E-state index contributed by atoms with van der Waals surface area (Å²) in [5.74, 6) is 0. The zero-order chi connectivity index (χ0) is 5.86. The number of methoxy groups -OCH3 is 1. The molecule has 0 bridgehead atoms. The van der Waals surface area contributed by atoms with Crippen LogP contribution in [0.4, 0.5) is 4.79 Å². The Balaban J connectivity index is 3.35. The number of carbonyl (C=O) groups is 1. The van der Waals surface area contributed by atoms with E-state index in [1.54, 1.807) is 0 Å². The second-order valence-electron chi connectivity index (χ2n) is 0.815. The lowest BCUT2D eigenvalue weighted by Gasteiger charge is -2.04. The average molecular weight is 117 g/mol. The van der Waals surface area contributed by atoms with Crippen LogP contribution in [0.5, 0.6) is 0 Å². The standard InChI is InChI=1S/C2H4BNO2S/c1-6-2(5)4(3)7/h7H,1H3. The van der Waals surface area contributed by atoms with Crippen molar-refractivity contribution in [3.63, 3.8) is 0 Å². The number of hydrogen-bond acceptors (Lipinski definition) is 3. The molecule has 2 radical (unpaired) electrons. The first-order valence-electron chi connectivity index (χ1n) is 1.50. The number of amides is 1. The smallest absolute Gasteiger partial charge is 0.405 e. The van der Waals surface area contributed by atoms with Crippen molar-refractivity contribution in [1.82, 2.24) is 4.22 Å². The largest absolute Gasteiger partial charge is 0.453 e. The first-order chi connectivity index (χ1) is 3.18. The fourth-order valence-corrected chi connectivity index (χ4v) is 0.175. The highest BCUT2D eigenvalue weighted by molar-refractivity contribution is 7.79. The second kappa shape index (κ2) is 2.79. The van der Waals surface area contributed by atoms with Crippen LogP contribution in [0.15, 0.2) is 0 Å². The van der Waals surface area contributed by atoms with E-state index in [-0.39, 0.29) is 0 Å². The van der Waals surface area contributed by atoms with Gasteiger partial charge in [-0.15, -0.1) is 0 Å². The van der Waals surface area contributed by atoms with E-state index in [9.17, 15) is 4.79 Å². The van der Waals surface area contributed by atoms with Crippen LogP contribution in [0.1, 0.15) is 0 Å². The van der Waals surface area contributed by atoms with Gasteiger partial charge in [0.2, 0.25) is 0 Å². The van der Waals surface area contributed by atoms with Gasteiger partial charge < -0.3 is 8.95 Å². The van der Waals surface area contributed by atoms with Crippen molar-refractivity contribution in [2.75, 3.05) is 7.11 Å². The Kier molecular flexibility index (Phi) is 2.67. The fourth-order valence-electron chi connectivity index (χ4n) is 0.0935. The minimum absolute atomic E-state index is 0.556. The Morgan fingerprint density at radius 1 is 2.00 bits per heavy atom. The monoisotopic (exact) mass is 117 g/mol. The van der Waals surface area contributed by atoms with Crippen molar-refractivity contribution in [2.24, 2.45) is 0 Å². The molecule has 1 amide bonds. The topological polar surface area (TPSA) is 29.5 Å². The second-order valence-corrected chi connectivity index (χ2v) is 1.25. The van der Waals surface area contributed by atoms with Crippen LogP contribution in [-0.2, 0) is 4.74 Å². The normalized spacial score (nSPS) is 7.71. The minimum atomic E-state index is -0.677. The molecule has 3 nitrogen and oxygen atoms in total. The van der Waals surface area contributed by atoms with Crippen molar-refractivity contribution in [3.05, 3.63) is 0 Å². The van der Waals surface area contributed by atoms with Gasteiger partial charge in [0.25, 0.3) is 7.98 Å². The molecule has 0 aliphatic rings. The summed E-state index contributed by atoms with van der Waals surface area (Å²) < 4.78 is 4.65. The van der Waals surface area contributed by atoms with Crippen LogP contribution in [0, 0.1) is 0 Å². The highest BCUT2D eigenvalue weighted by atomic mass is 32.1. The maximum atomic E-state index is 10.0. The fraction of sp³-hybridized carbons (Fsp3) is 0.500. The zero-order valence-corrected chi connectivity index (χ0v) is 4.68. The Morgan fingerprint density at radius 2 is 2.43 bits per heavy atom. The third-order valence-electron chi connectivity index (χ3n) is 0.362. The van der Waals surface area contributed by atoms with Crippen molar-refractivity contribution in [3.8, 4) is 0 Å². The molecule has 5 heteroatoms. The van der Waals surface area contributed by atoms with Gasteiger partial charge in [-0.05, 0) is 0 Å². The third-order valence-corrected chi connectivity index (χ3v) is 0.525. The molecule has 0 unspecified atom stereocenters. The Hall–Kier alpha value is -0.315. The maximum absolute atomic E-state index is 10.0. The molecule has 0 atom stereocenters. The maximum Gasteiger partial charge on any atom is 0.405 e. The summed E-state index contributed by atoms with van der Waals surface area (Å²) in [6.07, 6.45) is -0.677. The molecule has 7 heavy (non-hydrogen) atoms. The van der Waals surface area contributed by atoms with Crippen molar-refractivity contribution in [2.45, 2.75) is 0 Å². The third kappa shape index (κ3) is 2.39. The van der Waals surface area contributed by atoms with Gasteiger partial charge in [-0.25, -0.2) is 4.79 Å². The van der Waals surface area contributed by atoms with Gasteiger partial charge in [-0.1, -0.05) is 12.8 Å². The van der Waals surface area contributed by atoms with Gasteiger partial charge in [0.15, 0.2) is 0 Å². The molecule has 0 saturated heterocycles. The Labute approximate surface area is 48.6 Å². The summed E-state index contributed by atoms with van der Waals surface area (Å²) in [5.41, 5.74) is 0. The first kappa shape index (κ1) is 6.68. The first-order valence-corrected chi connectivity index (χ1v) is 1.90. The van der Waals surface area contributed by atoms with Gasteiger partial charge in [-0.3, -0.25) is 0 Å². The van der Waals surface area contributed by atoms with E-state index in [2.05, 4.69) is 17.6 Å². The average Bonchev–Trinajstić information content (AvgIpc) is 1.65. The quantitative estimate of drug-likeness (QED) is 0.357. The predicted octanol–water partition coefficient (Wildman–Crippen LogP) is -0.0169. The van der Waals surface area contributed by atoms with Gasteiger partial charge in [-0.2, -0.15) is 0 Å². The van der Waals surface area contributed by atoms with Gasteiger partial charge in [0, 0.05) is 0 Å². The van der Waals surface area contributed by atoms with E-state index in [0.717, 1.165) is 0 Å². The molecule has 0 fully saturated rings. The van der Waals surface area contributed by atoms with Crippen molar-refractivity contribution in [1.29, 1.82) is 0 Å². The van der Waals surface area contributed by atoms with E-state index in [1.807, 2.05) is 0 Å². The molecule has 0 aromatic carbocycles. The molecule has 0 heterocycles. The molecular formula is C2H4BNO2S. The molecule has 0 spiro atoms. The molecule has 0 aliphatic carbocycles. The van der Waals surface area contributed by atoms with Crippen LogP contribution < -0.4 is 0 Å². The van der Waals surface area contributed by atoms with Gasteiger partial charge >= 0.3 is 6.09 Å². The van der Waals surface area contributed by atoms with Crippen molar-refractivity contribution >= 4 is 26.9 Å². The number of rotatable bonds is 0. The molecule has 0 saturated carbocycles. The Bertz CT molecular complexity index is 76.1. The lowest BCUT2D eigenvalue weighted by Crippen LogP contribution is -2.17. The van der Waals surface area contributed by atoms with Gasteiger partial charge in [0.05, 0.1) is 7.11 Å². The number of nitrogens with zero attached hydrogens (tertiary/aromatic N) is 1. The molecular weight excluding hydrogens is 113 g/mol. The van der Waals surface area contributed by atoms with E-state index < -0.39 is 6.09 Å². The Morgan fingerprint density at radius 3 is 2.43 bits per heavy atom. The highest BCUT2D eigenvalue weighted by Gasteiger charge is 1.98. The summed E-state index contributed by atoms with van der Waals surface area (Å²) in [7, 11) is 5.99. The lowest BCUT2D eigenvalue weighted by atomic mass is 10.4. The number of thiol groups is 1. The van der Waals surface area contributed by atoms with Crippen LogP contribution in [-0.4, -0.2) is 25.4 Å². The van der Waals surface area contributed by atoms with Crippen molar-refractivity contribution < 1.29 is 9.53 Å². The molecule has 38 valence electrons. The van der Waals surface area contributed by atoms with Crippen LogP contribution >= 0.6 is 12.8 Å². The van der Waals surface area contributed by atoms with E-state index in [1.165, 1.54) is 7.11 Å². The SMILES string of the molecule is [B]N(S)C(=O)OC. The summed E-state index contributed by atoms with van der Waals surface area (Å²) in [5, 5.41) is 0. The summed E-state index contributed by atoms with van der Waals surface area (Å²) in [4.78, 5) is 10.0. The van der Waals surface area contributed by atoms with E-state index in [0.29, 0.717) is 4.22 Å². The summed E-state index contributed by atoms with van der Waals surface area (Å²) in [6.45, 7) is 0. The number of carbonyl (C=O) groups excluding carboxylic acids is 1. The van der Waals surface area contributed by atoms with Crippen LogP contribution in [0.2, 0.25) is 0 Å².